The first-order valence-corrected chi connectivity index (χ1v) is 11.9. The maximum atomic E-state index is 13.2. The highest BCUT2D eigenvalue weighted by molar-refractivity contribution is 6.18. The van der Waals surface area contributed by atoms with Gasteiger partial charge in [-0.15, -0.1) is 23.2 Å². The Labute approximate surface area is 204 Å². The van der Waals surface area contributed by atoms with Gasteiger partial charge >= 0.3 is 5.97 Å². The van der Waals surface area contributed by atoms with Crippen molar-refractivity contribution in [2.24, 2.45) is 5.73 Å². The van der Waals surface area contributed by atoms with Crippen LogP contribution in [-0.2, 0) is 27.2 Å². The molecule has 0 aliphatic carbocycles. The Hall–Kier alpha value is -2.35. The molecule has 3 N–H and O–H groups in total. The number of rotatable bonds is 13. The highest BCUT2D eigenvalue weighted by atomic mass is 35.5. The standard InChI is InChI=1S/C24H30Cl2FN3O3/c1-2-33-24(32)22(16-17-6-8-19(27)9-7-17)29-23(31)21(28)15-18-4-3-5-20(14-18)30(12-10-25)13-11-26/h3-9,14,21-22H,2,10-13,15-16,28H2,1H3,(H,29,31). The van der Waals surface area contributed by atoms with E-state index in [0.717, 1.165) is 11.3 Å². The lowest BCUT2D eigenvalue weighted by Crippen LogP contribution is -2.50. The number of anilines is 1. The largest absolute Gasteiger partial charge is 0.464 e. The molecule has 0 radical (unpaired) electrons. The second kappa shape index (κ2) is 14.0. The Bertz CT molecular complexity index is 893. The number of halogens is 3. The molecule has 0 saturated carbocycles. The maximum absolute atomic E-state index is 13.2. The van der Waals surface area contributed by atoms with E-state index in [9.17, 15) is 14.0 Å². The van der Waals surface area contributed by atoms with Crippen molar-refractivity contribution in [1.29, 1.82) is 0 Å². The van der Waals surface area contributed by atoms with Gasteiger partial charge in [0, 0.05) is 37.0 Å². The average Bonchev–Trinajstić information content (AvgIpc) is 2.80. The van der Waals surface area contributed by atoms with Gasteiger partial charge in [0.05, 0.1) is 12.6 Å². The topological polar surface area (TPSA) is 84.7 Å². The van der Waals surface area contributed by atoms with E-state index in [1.54, 1.807) is 19.1 Å². The fourth-order valence-electron chi connectivity index (χ4n) is 3.37. The van der Waals surface area contributed by atoms with Crippen LogP contribution in [0.25, 0.3) is 0 Å². The SMILES string of the molecule is CCOC(=O)C(Cc1ccc(F)cc1)NC(=O)C(N)Cc1cccc(N(CCCl)CCCl)c1. The summed E-state index contributed by atoms with van der Waals surface area (Å²) in [7, 11) is 0. The molecule has 6 nitrogen and oxygen atoms in total. The summed E-state index contributed by atoms with van der Waals surface area (Å²) >= 11 is 11.8. The first-order chi connectivity index (χ1) is 15.9. The number of nitrogens with two attached hydrogens (primary N) is 1. The Balaban J connectivity index is 2.07. The van der Waals surface area contributed by atoms with E-state index >= 15 is 0 Å². The van der Waals surface area contributed by atoms with Gasteiger partial charge in [-0.1, -0.05) is 24.3 Å². The molecule has 0 aromatic heterocycles. The number of hydrogen-bond acceptors (Lipinski definition) is 5. The number of ether oxygens (including phenoxy) is 1. The molecule has 0 fully saturated rings. The predicted molar refractivity (Wildman–Crippen MR) is 130 cm³/mol. The van der Waals surface area contributed by atoms with Crippen LogP contribution in [0.3, 0.4) is 0 Å². The van der Waals surface area contributed by atoms with E-state index in [1.807, 2.05) is 24.3 Å². The first-order valence-electron chi connectivity index (χ1n) is 10.8. The van der Waals surface area contributed by atoms with Gasteiger partial charge in [0.25, 0.3) is 0 Å². The molecule has 9 heteroatoms. The quantitative estimate of drug-likeness (QED) is 0.327. The lowest BCUT2D eigenvalue weighted by atomic mass is 10.0. The number of hydrogen-bond donors (Lipinski definition) is 2. The van der Waals surface area contributed by atoms with Crippen LogP contribution in [0.5, 0.6) is 0 Å². The third-order valence-corrected chi connectivity index (χ3v) is 5.36. The van der Waals surface area contributed by atoms with E-state index in [-0.39, 0.29) is 25.3 Å². The zero-order valence-electron chi connectivity index (χ0n) is 18.6. The summed E-state index contributed by atoms with van der Waals surface area (Å²) in [5, 5.41) is 2.69. The molecule has 0 saturated heterocycles. The number of carbonyl (C=O) groups is 2. The number of carbonyl (C=O) groups excluding carboxylic acids is 2. The van der Waals surface area contributed by atoms with Crippen LogP contribution in [0.1, 0.15) is 18.1 Å². The van der Waals surface area contributed by atoms with Crippen LogP contribution in [-0.4, -0.2) is 55.4 Å². The Kier molecular flexibility index (Phi) is 11.4. The highest BCUT2D eigenvalue weighted by Gasteiger charge is 2.25. The highest BCUT2D eigenvalue weighted by Crippen LogP contribution is 2.18. The average molecular weight is 498 g/mol. The van der Waals surface area contributed by atoms with E-state index < -0.39 is 24.0 Å². The molecule has 0 aliphatic rings. The lowest BCUT2D eigenvalue weighted by molar-refractivity contribution is -0.147. The minimum absolute atomic E-state index is 0.166. The van der Waals surface area contributed by atoms with Gasteiger partial charge in [-0.25, -0.2) is 9.18 Å². The molecule has 0 bridgehead atoms. The zero-order valence-corrected chi connectivity index (χ0v) is 20.1. The van der Waals surface area contributed by atoms with Crippen molar-refractivity contribution in [3.05, 3.63) is 65.5 Å². The summed E-state index contributed by atoms with van der Waals surface area (Å²) in [6.45, 7) is 3.16. The molecule has 1 amide bonds. The molecular weight excluding hydrogens is 468 g/mol. The molecule has 33 heavy (non-hydrogen) atoms. The molecule has 180 valence electrons. The Morgan fingerprint density at radius 3 is 2.33 bits per heavy atom. The third kappa shape index (κ3) is 8.84. The number of nitrogens with zero attached hydrogens (tertiary/aromatic N) is 1. The van der Waals surface area contributed by atoms with E-state index in [4.69, 9.17) is 33.7 Å². The molecule has 2 rings (SSSR count). The fraction of sp³-hybridized carbons (Fsp3) is 0.417. The summed E-state index contributed by atoms with van der Waals surface area (Å²) in [6, 6.07) is 11.6. The molecule has 0 aliphatic heterocycles. The lowest BCUT2D eigenvalue weighted by Gasteiger charge is -2.24. The van der Waals surface area contributed by atoms with Gasteiger partial charge in [0.1, 0.15) is 11.9 Å². The van der Waals surface area contributed by atoms with E-state index in [2.05, 4.69) is 10.2 Å². The van der Waals surface area contributed by atoms with Gasteiger partial charge < -0.3 is 20.7 Å². The fourth-order valence-corrected chi connectivity index (χ4v) is 3.78. The molecule has 2 aromatic carbocycles. The van der Waals surface area contributed by atoms with Gasteiger partial charge in [0.2, 0.25) is 5.91 Å². The molecule has 2 atom stereocenters. The normalized spacial score (nSPS) is 12.6. The van der Waals surface area contributed by atoms with Gasteiger partial charge in [-0.3, -0.25) is 4.79 Å². The Morgan fingerprint density at radius 2 is 1.73 bits per heavy atom. The number of alkyl halides is 2. The smallest absolute Gasteiger partial charge is 0.328 e. The van der Waals surface area contributed by atoms with Gasteiger partial charge in [-0.05, 0) is 48.7 Å². The Morgan fingerprint density at radius 1 is 1.06 bits per heavy atom. The minimum atomic E-state index is -0.928. The third-order valence-electron chi connectivity index (χ3n) is 5.02. The van der Waals surface area contributed by atoms with Crippen LogP contribution in [0.4, 0.5) is 10.1 Å². The van der Waals surface area contributed by atoms with Gasteiger partial charge in [0.15, 0.2) is 0 Å². The zero-order chi connectivity index (χ0) is 24.2. The van der Waals surface area contributed by atoms with Crippen LogP contribution < -0.4 is 16.0 Å². The summed E-state index contributed by atoms with van der Waals surface area (Å²) in [4.78, 5) is 27.2. The first kappa shape index (κ1) is 26.9. The summed E-state index contributed by atoms with van der Waals surface area (Å²) in [6.07, 6.45) is 0.445. The minimum Gasteiger partial charge on any atom is -0.464 e. The van der Waals surface area contributed by atoms with Crippen molar-refractivity contribution < 1.29 is 18.7 Å². The summed E-state index contributed by atoms with van der Waals surface area (Å²) in [5.74, 6) is -0.491. The van der Waals surface area contributed by atoms with E-state index in [0.29, 0.717) is 30.4 Å². The molecule has 2 aromatic rings. The van der Waals surface area contributed by atoms with E-state index in [1.165, 1.54) is 12.1 Å². The predicted octanol–water partition coefficient (Wildman–Crippen LogP) is 3.27. The summed E-state index contributed by atoms with van der Waals surface area (Å²) in [5.41, 5.74) is 8.67. The van der Waals surface area contributed by atoms with Crippen molar-refractivity contribution in [3.63, 3.8) is 0 Å². The van der Waals surface area contributed by atoms with Gasteiger partial charge in [-0.2, -0.15) is 0 Å². The molecule has 0 heterocycles. The van der Waals surface area contributed by atoms with Crippen molar-refractivity contribution in [1.82, 2.24) is 5.32 Å². The maximum Gasteiger partial charge on any atom is 0.328 e. The molecule has 0 spiro atoms. The van der Waals surface area contributed by atoms with Crippen LogP contribution in [0.15, 0.2) is 48.5 Å². The van der Waals surface area contributed by atoms with Crippen LogP contribution in [0, 0.1) is 5.82 Å². The monoisotopic (exact) mass is 497 g/mol. The van der Waals surface area contributed by atoms with Crippen LogP contribution in [0.2, 0.25) is 0 Å². The van der Waals surface area contributed by atoms with Crippen molar-refractivity contribution in [3.8, 4) is 0 Å². The van der Waals surface area contributed by atoms with Crippen molar-refractivity contribution >= 4 is 40.8 Å². The molecule has 2 unspecified atom stereocenters. The van der Waals surface area contributed by atoms with Crippen molar-refractivity contribution in [2.75, 3.05) is 36.4 Å². The second-order valence-corrected chi connectivity index (χ2v) is 8.25. The molecular formula is C24H30Cl2FN3O3. The summed E-state index contributed by atoms with van der Waals surface area (Å²) < 4.78 is 18.3. The number of esters is 1. The number of amides is 1. The van der Waals surface area contributed by atoms with Crippen molar-refractivity contribution in [2.45, 2.75) is 31.8 Å². The second-order valence-electron chi connectivity index (χ2n) is 7.49. The van der Waals surface area contributed by atoms with Crippen LogP contribution >= 0.6 is 23.2 Å². The number of nitrogens with one attached hydrogen (secondary N) is 1. The number of benzene rings is 2.